The number of hydrogen-bond acceptors (Lipinski definition) is 7. The average Bonchev–Trinajstić information content (AvgIpc) is 3.39. The topological polar surface area (TPSA) is 94.4 Å². The molecule has 1 fully saturated rings. The number of carbonyl (C=O) groups is 1. The Morgan fingerprint density at radius 3 is 2.58 bits per heavy atom. The van der Waals surface area contributed by atoms with Gasteiger partial charge in [-0.1, -0.05) is 36.2 Å². The van der Waals surface area contributed by atoms with Crippen LogP contribution in [-0.4, -0.2) is 64.9 Å². The molecule has 1 saturated heterocycles. The summed E-state index contributed by atoms with van der Waals surface area (Å²) in [5.74, 6) is 0.928. The Bertz CT molecular complexity index is 1090. The number of likely N-dealkylation sites (tertiary alicyclic amines) is 1. The molecule has 3 aromatic rings. The molecular weight excluding hydrogens is 444 g/mol. The van der Waals surface area contributed by atoms with E-state index in [-0.39, 0.29) is 11.9 Å². The Labute approximate surface area is 197 Å². The largest absolute Gasteiger partial charge is 0.496 e. The highest BCUT2D eigenvalue weighted by Crippen LogP contribution is 2.32. The van der Waals surface area contributed by atoms with Crippen LogP contribution in [0.1, 0.15) is 41.2 Å². The third kappa shape index (κ3) is 5.09. The van der Waals surface area contributed by atoms with Gasteiger partial charge < -0.3 is 14.8 Å². The van der Waals surface area contributed by atoms with Gasteiger partial charge in [-0.05, 0) is 48.5 Å². The SMILES string of the molecule is COc1cc(-n2cnnn2)c(Cl)cc1C(=O)NCC(c1ccccc1OC)N1CCCCC1. The van der Waals surface area contributed by atoms with Gasteiger partial charge in [0.25, 0.3) is 5.91 Å². The van der Waals surface area contributed by atoms with E-state index in [4.69, 9.17) is 21.1 Å². The molecule has 174 valence electrons. The van der Waals surface area contributed by atoms with Crippen LogP contribution < -0.4 is 14.8 Å². The highest BCUT2D eigenvalue weighted by atomic mass is 35.5. The van der Waals surface area contributed by atoms with Gasteiger partial charge in [0.2, 0.25) is 0 Å². The lowest BCUT2D eigenvalue weighted by Gasteiger charge is -2.35. The van der Waals surface area contributed by atoms with Crippen LogP contribution in [0.15, 0.2) is 42.7 Å². The first-order chi connectivity index (χ1) is 16.1. The first-order valence-electron chi connectivity index (χ1n) is 10.9. The van der Waals surface area contributed by atoms with Gasteiger partial charge in [0, 0.05) is 18.2 Å². The number of hydrogen-bond donors (Lipinski definition) is 1. The Balaban J connectivity index is 1.58. The van der Waals surface area contributed by atoms with Crippen LogP contribution in [-0.2, 0) is 0 Å². The molecule has 33 heavy (non-hydrogen) atoms. The van der Waals surface area contributed by atoms with Crippen molar-refractivity contribution in [3.8, 4) is 17.2 Å². The number of benzene rings is 2. The number of tetrazole rings is 1. The molecule has 1 amide bonds. The molecule has 1 aromatic heterocycles. The van der Waals surface area contributed by atoms with E-state index < -0.39 is 0 Å². The van der Waals surface area contributed by atoms with Crippen molar-refractivity contribution in [2.45, 2.75) is 25.3 Å². The first kappa shape index (κ1) is 23.0. The lowest BCUT2D eigenvalue weighted by molar-refractivity contribution is 0.0920. The molecule has 0 radical (unpaired) electrons. The van der Waals surface area contributed by atoms with E-state index in [1.165, 1.54) is 24.5 Å². The van der Waals surface area contributed by atoms with Crippen LogP contribution in [0.25, 0.3) is 5.69 Å². The second-order valence-electron chi connectivity index (χ2n) is 7.82. The normalized spacial score (nSPS) is 15.1. The standard InChI is InChI=1S/C23H27ClN6O3/c1-32-21-9-5-4-8-16(21)20(29-10-6-3-7-11-29)14-25-23(31)17-12-18(24)19(13-22(17)33-2)30-15-26-27-28-30/h4-5,8-9,12-13,15,20H,3,6-7,10-11,14H2,1-2H3,(H,25,31). The van der Waals surface area contributed by atoms with Gasteiger partial charge in [-0.3, -0.25) is 9.69 Å². The third-order valence-electron chi connectivity index (χ3n) is 5.89. The van der Waals surface area contributed by atoms with Crippen molar-refractivity contribution >= 4 is 17.5 Å². The van der Waals surface area contributed by atoms with Gasteiger partial charge in [-0.2, -0.15) is 4.68 Å². The van der Waals surface area contributed by atoms with Crippen molar-refractivity contribution in [3.63, 3.8) is 0 Å². The van der Waals surface area contributed by atoms with Gasteiger partial charge in [0.05, 0.1) is 36.5 Å². The van der Waals surface area contributed by atoms with Crippen molar-refractivity contribution in [1.29, 1.82) is 0 Å². The minimum absolute atomic E-state index is 0.00707. The first-order valence-corrected chi connectivity index (χ1v) is 11.3. The summed E-state index contributed by atoms with van der Waals surface area (Å²) < 4.78 is 12.5. The smallest absolute Gasteiger partial charge is 0.255 e. The van der Waals surface area contributed by atoms with Crippen LogP contribution in [0.5, 0.6) is 11.5 Å². The number of carbonyl (C=O) groups excluding carboxylic acids is 1. The van der Waals surface area contributed by atoms with Crippen LogP contribution in [0.4, 0.5) is 0 Å². The molecule has 1 aliphatic heterocycles. The molecular formula is C23H27ClN6O3. The summed E-state index contributed by atoms with van der Waals surface area (Å²) in [5, 5.41) is 14.5. The summed E-state index contributed by atoms with van der Waals surface area (Å²) in [5.41, 5.74) is 1.92. The number of halogens is 1. The van der Waals surface area contributed by atoms with E-state index in [2.05, 4.69) is 31.8 Å². The molecule has 0 saturated carbocycles. The monoisotopic (exact) mass is 470 g/mol. The molecule has 10 heteroatoms. The molecule has 1 unspecified atom stereocenters. The van der Waals surface area contributed by atoms with Crippen LogP contribution >= 0.6 is 11.6 Å². The Hall–Kier alpha value is -3.17. The van der Waals surface area contributed by atoms with Crippen molar-refractivity contribution in [2.75, 3.05) is 33.9 Å². The fourth-order valence-electron chi connectivity index (χ4n) is 4.23. The Kier molecular flexibility index (Phi) is 7.41. The summed E-state index contributed by atoms with van der Waals surface area (Å²) in [6, 6.07) is 11.2. The summed E-state index contributed by atoms with van der Waals surface area (Å²) in [6.45, 7) is 2.39. The van der Waals surface area contributed by atoms with E-state index in [1.54, 1.807) is 19.2 Å². The van der Waals surface area contributed by atoms with E-state index in [0.29, 0.717) is 28.6 Å². The molecule has 0 aliphatic carbocycles. The van der Waals surface area contributed by atoms with Gasteiger partial charge in [-0.25, -0.2) is 0 Å². The molecule has 0 spiro atoms. The number of ether oxygens (including phenoxy) is 2. The van der Waals surface area contributed by atoms with E-state index in [0.717, 1.165) is 37.2 Å². The molecule has 1 aliphatic rings. The maximum absolute atomic E-state index is 13.2. The molecule has 1 N–H and O–H groups in total. The number of methoxy groups -OCH3 is 2. The third-order valence-corrected chi connectivity index (χ3v) is 6.20. The number of amides is 1. The quantitative estimate of drug-likeness (QED) is 0.539. The molecule has 1 atom stereocenters. The number of rotatable bonds is 8. The van der Waals surface area contributed by atoms with E-state index in [1.807, 2.05) is 18.2 Å². The minimum Gasteiger partial charge on any atom is -0.496 e. The number of nitrogens with zero attached hydrogens (tertiary/aromatic N) is 5. The maximum Gasteiger partial charge on any atom is 0.255 e. The summed E-state index contributed by atoms with van der Waals surface area (Å²) in [7, 11) is 3.18. The Morgan fingerprint density at radius 1 is 1.12 bits per heavy atom. The minimum atomic E-state index is -0.270. The number of nitrogens with one attached hydrogen (secondary N) is 1. The zero-order chi connectivity index (χ0) is 23.2. The second-order valence-corrected chi connectivity index (χ2v) is 8.23. The van der Waals surface area contributed by atoms with Gasteiger partial charge >= 0.3 is 0 Å². The molecule has 2 heterocycles. The predicted octanol–water partition coefficient (Wildman–Crippen LogP) is 3.29. The van der Waals surface area contributed by atoms with Crippen LogP contribution in [0.3, 0.4) is 0 Å². The van der Waals surface area contributed by atoms with Crippen molar-refractivity contribution in [3.05, 3.63) is 58.9 Å². The zero-order valence-electron chi connectivity index (χ0n) is 18.7. The highest BCUT2D eigenvalue weighted by Gasteiger charge is 2.26. The number of piperidine rings is 1. The van der Waals surface area contributed by atoms with Gasteiger partial charge in [0.1, 0.15) is 17.8 Å². The number of para-hydroxylation sites is 1. The van der Waals surface area contributed by atoms with E-state index >= 15 is 0 Å². The lowest BCUT2D eigenvalue weighted by atomic mass is 10.0. The molecule has 9 nitrogen and oxygen atoms in total. The number of aromatic nitrogens is 4. The van der Waals surface area contributed by atoms with Crippen molar-refractivity contribution in [1.82, 2.24) is 30.4 Å². The van der Waals surface area contributed by atoms with Crippen LogP contribution in [0, 0.1) is 0 Å². The van der Waals surface area contributed by atoms with Crippen LogP contribution in [0.2, 0.25) is 5.02 Å². The molecule has 4 rings (SSSR count). The summed E-state index contributed by atoms with van der Waals surface area (Å²) in [6.07, 6.45) is 4.94. The van der Waals surface area contributed by atoms with Gasteiger partial charge in [-0.15, -0.1) is 5.10 Å². The summed E-state index contributed by atoms with van der Waals surface area (Å²) in [4.78, 5) is 15.6. The molecule has 2 aromatic carbocycles. The fraction of sp³-hybridized carbons (Fsp3) is 0.391. The maximum atomic E-state index is 13.2. The average molecular weight is 471 g/mol. The second kappa shape index (κ2) is 10.6. The molecule has 0 bridgehead atoms. The van der Waals surface area contributed by atoms with Gasteiger partial charge in [0.15, 0.2) is 0 Å². The lowest BCUT2D eigenvalue weighted by Crippen LogP contribution is -2.40. The fourth-order valence-corrected chi connectivity index (χ4v) is 4.48. The Morgan fingerprint density at radius 2 is 1.88 bits per heavy atom. The van der Waals surface area contributed by atoms with Crippen molar-refractivity contribution in [2.24, 2.45) is 0 Å². The predicted molar refractivity (Wildman–Crippen MR) is 124 cm³/mol. The van der Waals surface area contributed by atoms with E-state index in [9.17, 15) is 4.79 Å². The summed E-state index contributed by atoms with van der Waals surface area (Å²) >= 11 is 6.44. The highest BCUT2D eigenvalue weighted by molar-refractivity contribution is 6.33. The van der Waals surface area contributed by atoms with Crippen molar-refractivity contribution < 1.29 is 14.3 Å². The zero-order valence-corrected chi connectivity index (χ0v) is 19.5.